The van der Waals surface area contributed by atoms with Gasteiger partial charge >= 0.3 is 5.97 Å². The van der Waals surface area contributed by atoms with Crippen LogP contribution in [0.5, 0.6) is 0 Å². The maximum absolute atomic E-state index is 11.8. The van der Waals surface area contributed by atoms with Crippen LogP contribution < -0.4 is 11.1 Å². The Labute approximate surface area is 207 Å². The van der Waals surface area contributed by atoms with E-state index in [2.05, 4.69) is 5.32 Å². The van der Waals surface area contributed by atoms with Gasteiger partial charge in [-0.3, -0.25) is 10.1 Å². The number of nitrogens with two attached hydrogens (primary N) is 1. The van der Waals surface area contributed by atoms with Crippen LogP contribution in [0.25, 0.3) is 0 Å². The molecule has 35 heavy (non-hydrogen) atoms. The first-order valence-electron chi connectivity index (χ1n) is 10.8. The molecule has 4 aromatic carbocycles. The summed E-state index contributed by atoms with van der Waals surface area (Å²) in [6.45, 7) is 0. The largest absolute Gasteiger partial charge is 0.465 e. The van der Waals surface area contributed by atoms with Crippen molar-refractivity contribution in [3.63, 3.8) is 0 Å². The quantitative estimate of drug-likeness (QED) is 0.130. The molecule has 176 valence electrons. The molecule has 0 bridgehead atoms. The molecule has 0 aliphatic carbocycles. The number of para-hydroxylation sites is 1. The maximum Gasteiger partial charge on any atom is 0.337 e. The van der Waals surface area contributed by atoms with Gasteiger partial charge in [-0.25, -0.2) is 4.79 Å². The molecular formula is C27H23N3O4S. The van der Waals surface area contributed by atoms with E-state index >= 15 is 0 Å². The average Bonchev–Trinajstić information content (AvgIpc) is 2.89. The van der Waals surface area contributed by atoms with Crippen LogP contribution in [0, 0.1) is 10.1 Å². The minimum Gasteiger partial charge on any atom is -0.465 e. The van der Waals surface area contributed by atoms with Crippen molar-refractivity contribution in [2.45, 2.75) is 15.8 Å². The molecule has 0 saturated carbocycles. The second kappa shape index (κ2) is 10.8. The van der Waals surface area contributed by atoms with Crippen molar-refractivity contribution < 1.29 is 14.5 Å². The number of methoxy groups -OCH3 is 1. The van der Waals surface area contributed by atoms with Crippen LogP contribution in [-0.4, -0.2) is 18.0 Å². The number of carbonyl (C=O) groups is 1. The third-order valence-corrected chi connectivity index (χ3v) is 6.49. The molecule has 0 saturated heterocycles. The van der Waals surface area contributed by atoms with Crippen molar-refractivity contribution in [1.82, 2.24) is 0 Å². The second-order valence-electron chi connectivity index (χ2n) is 7.71. The van der Waals surface area contributed by atoms with E-state index < -0.39 is 10.9 Å². The topological polar surface area (TPSA) is 107 Å². The Balaban J connectivity index is 1.65. The van der Waals surface area contributed by atoms with Gasteiger partial charge in [0.15, 0.2) is 0 Å². The smallest absolute Gasteiger partial charge is 0.337 e. The van der Waals surface area contributed by atoms with Crippen molar-refractivity contribution in [3.8, 4) is 0 Å². The molecule has 0 spiro atoms. The zero-order valence-corrected chi connectivity index (χ0v) is 19.7. The Morgan fingerprint density at radius 3 is 2.31 bits per heavy atom. The summed E-state index contributed by atoms with van der Waals surface area (Å²) in [7, 11) is 1.33. The Morgan fingerprint density at radius 2 is 1.66 bits per heavy atom. The summed E-state index contributed by atoms with van der Waals surface area (Å²) in [5, 5.41) is 14.8. The van der Waals surface area contributed by atoms with E-state index in [4.69, 9.17) is 10.5 Å². The molecule has 0 aliphatic heterocycles. The molecular weight excluding hydrogens is 462 g/mol. The standard InChI is InChI=1S/C27H23N3O4S/c1-34-27(31)19-9-13-21(14-10-19)29-26(20-5-4-6-22(17-20)30(32)33)18-11-15-23(16-12-18)35-25-8-3-2-7-24(25)28/h2-17,26,29H,28H2,1H3. The second-order valence-corrected chi connectivity index (χ2v) is 8.82. The van der Waals surface area contributed by atoms with Gasteiger partial charge in [0.05, 0.1) is 23.6 Å². The summed E-state index contributed by atoms with van der Waals surface area (Å²) >= 11 is 1.57. The number of anilines is 2. The van der Waals surface area contributed by atoms with E-state index in [9.17, 15) is 14.9 Å². The fourth-order valence-corrected chi connectivity index (χ4v) is 4.45. The lowest BCUT2D eigenvalue weighted by Crippen LogP contribution is -2.13. The summed E-state index contributed by atoms with van der Waals surface area (Å²) in [4.78, 5) is 24.7. The average molecular weight is 486 g/mol. The van der Waals surface area contributed by atoms with Crippen LogP contribution in [0.2, 0.25) is 0 Å². The number of rotatable bonds is 8. The molecule has 7 nitrogen and oxygen atoms in total. The van der Waals surface area contributed by atoms with Gasteiger partial charge in [0.2, 0.25) is 0 Å². The van der Waals surface area contributed by atoms with Gasteiger partial charge in [0.1, 0.15) is 0 Å². The van der Waals surface area contributed by atoms with E-state index in [-0.39, 0.29) is 11.7 Å². The molecule has 1 atom stereocenters. The fourth-order valence-electron chi connectivity index (χ4n) is 3.59. The molecule has 0 fully saturated rings. The van der Waals surface area contributed by atoms with Crippen LogP contribution in [0.4, 0.5) is 17.1 Å². The Hall–Kier alpha value is -4.30. The molecule has 0 heterocycles. The Bertz CT molecular complexity index is 1340. The summed E-state index contributed by atoms with van der Waals surface area (Å²) in [6, 6.07) is 28.7. The van der Waals surface area contributed by atoms with Gasteiger partial charge in [-0.15, -0.1) is 0 Å². The molecule has 0 amide bonds. The zero-order valence-electron chi connectivity index (χ0n) is 18.9. The highest BCUT2D eigenvalue weighted by Crippen LogP contribution is 2.34. The van der Waals surface area contributed by atoms with Crippen molar-refractivity contribution in [2.24, 2.45) is 0 Å². The van der Waals surface area contributed by atoms with E-state index in [1.54, 1.807) is 48.2 Å². The van der Waals surface area contributed by atoms with Gasteiger partial charge in [-0.2, -0.15) is 0 Å². The highest BCUT2D eigenvalue weighted by atomic mass is 32.2. The van der Waals surface area contributed by atoms with Crippen LogP contribution >= 0.6 is 11.8 Å². The maximum atomic E-state index is 11.8. The first kappa shape index (κ1) is 23.8. The third kappa shape index (κ3) is 5.80. The molecule has 4 rings (SSSR count). The molecule has 0 aromatic heterocycles. The number of esters is 1. The number of nitro groups is 1. The number of nitrogens with one attached hydrogen (secondary N) is 1. The van der Waals surface area contributed by atoms with Crippen LogP contribution in [0.15, 0.2) is 107 Å². The summed E-state index contributed by atoms with van der Waals surface area (Å²) in [6.07, 6.45) is 0. The van der Waals surface area contributed by atoms with Crippen LogP contribution in [0.3, 0.4) is 0 Å². The summed E-state index contributed by atoms with van der Waals surface area (Å²) < 4.78 is 4.76. The lowest BCUT2D eigenvalue weighted by Gasteiger charge is -2.21. The number of hydrogen-bond acceptors (Lipinski definition) is 7. The molecule has 4 aromatic rings. The molecule has 0 radical (unpaired) electrons. The van der Waals surface area contributed by atoms with Gasteiger partial charge in [0, 0.05) is 33.3 Å². The van der Waals surface area contributed by atoms with E-state index in [1.165, 1.54) is 13.2 Å². The van der Waals surface area contributed by atoms with Crippen molar-refractivity contribution in [2.75, 3.05) is 18.2 Å². The lowest BCUT2D eigenvalue weighted by molar-refractivity contribution is -0.384. The molecule has 0 aliphatic rings. The van der Waals surface area contributed by atoms with Crippen molar-refractivity contribution in [3.05, 3.63) is 124 Å². The number of nitrogen functional groups attached to an aromatic ring is 1. The van der Waals surface area contributed by atoms with E-state index in [0.717, 1.165) is 26.6 Å². The Kier molecular flexibility index (Phi) is 7.32. The van der Waals surface area contributed by atoms with Crippen molar-refractivity contribution >= 4 is 34.8 Å². The number of hydrogen-bond donors (Lipinski definition) is 2. The lowest BCUT2D eigenvalue weighted by atomic mass is 9.97. The van der Waals surface area contributed by atoms with E-state index in [1.807, 2.05) is 54.6 Å². The number of carbonyl (C=O) groups excluding carboxylic acids is 1. The highest BCUT2D eigenvalue weighted by molar-refractivity contribution is 7.99. The summed E-state index contributed by atoms with van der Waals surface area (Å²) in [5.41, 5.74) is 9.66. The minimum atomic E-state index is -0.418. The minimum absolute atomic E-state index is 0.0158. The monoisotopic (exact) mass is 485 g/mol. The first-order chi connectivity index (χ1) is 16.9. The molecule has 3 N–H and O–H groups in total. The number of nitrogens with zero attached hydrogens (tertiary/aromatic N) is 1. The third-order valence-electron chi connectivity index (χ3n) is 5.39. The number of ether oxygens (including phenoxy) is 1. The van der Waals surface area contributed by atoms with E-state index in [0.29, 0.717) is 11.3 Å². The van der Waals surface area contributed by atoms with Crippen LogP contribution in [-0.2, 0) is 4.74 Å². The normalized spacial score (nSPS) is 11.5. The number of benzene rings is 4. The number of non-ortho nitro benzene ring substituents is 1. The number of nitro benzene ring substituents is 1. The van der Waals surface area contributed by atoms with Gasteiger partial charge in [-0.05, 0) is 59.7 Å². The zero-order chi connectivity index (χ0) is 24.8. The van der Waals surface area contributed by atoms with Gasteiger partial charge in [0.25, 0.3) is 5.69 Å². The highest BCUT2D eigenvalue weighted by Gasteiger charge is 2.18. The summed E-state index contributed by atoms with van der Waals surface area (Å²) in [5.74, 6) is -0.418. The van der Waals surface area contributed by atoms with Crippen molar-refractivity contribution in [1.29, 1.82) is 0 Å². The predicted octanol–water partition coefficient (Wildman–Crippen LogP) is 6.32. The van der Waals surface area contributed by atoms with Crippen LogP contribution in [0.1, 0.15) is 27.5 Å². The fraction of sp³-hybridized carbons (Fsp3) is 0.0741. The molecule has 1 unspecified atom stereocenters. The predicted molar refractivity (Wildman–Crippen MR) is 138 cm³/mol. The van der Waals surface area contributed by atoms with Gasteiger partial charge < -0.3 is 15.8 Å². The molecule has 8 heteroatoms. The SMILES string of the molecule is COC(=O)c1ccc(NC(c2ccc(Sc3ccccc3N)cc2)c2cccc([N+](=O)[O-])c2)cc1. The van der Waals surface area contributed by atoms with Gasteiger partial charge in [-0.1, -0.05) is 48.2 Å². The first-order valence-corrected chi connectivity index (χ1v) is 11.6. The Morgan fingerprint density at radius 1 is 0.943 bits per heavy atom.